The first kappa shape index (κ1) is 21.9. The molecule has 1 amide bonds. The van der Waals surface area contributed by atoms with E-state index in [4.69, 9.17) is 23.7 Å². The Hall–Kier alpha value is -1.84. The summed E-state index contributed by atoms with van der Waals surface area (Å²) in [5.74, 6) is -1.56. The van der Waals surface area contributed by atoms with Gasteiger partial charge in [-0.25, -0.2) is 9.59 Å². The van der Waals surface area contributed by atoms with Crippen LogP contribution in [0, 0.1) is 5.41 Å². The Morgan fingerprint density at radius 1 is 1.31 bits per heavy atom. The molecule has 0 unspecified atom stereocenters. The summed E-state index contributed by atoms with van der Waals surface area (Å²) in [6.07, 6.45) is -0.118. The summed E-state index contributed by atoms with van der Waals surface area (Å²) >= 11 is 0. The number of aliphatic hydroxyl groups excluding tert-OH is 1. The Kier molecular flexibility index (Phi) is 5.61. The lowest BCUT2D eigenvalue weighted by atomic mass is 9.82. The van der Waals surface area contributed by atoms with E-state index < -0.39 is 53.2 Å². The first-order chi connectivity index (χ1) is 13.4. The van der Waals surface area contributed by atoms with Gasteiger partial charge in [0.1, 0.15) is 23.9 Å². The van der Waals surface area contributed by atoms with Gasteiger partial charge in [-0.2, -0.15) is 0 Å². The molecule has 2 heterocycles. The van der Waals surface area contributed by atoms with Gasteiger partial charge in [-0.15, -0.1) is 0 Å². The van der Waals surface area contributed by atoms with E-state index in [-0.39, 0.29) is 12.4 Å². The second-order valence-electron chi connectivity index (χ2n) is 9.28. The second-order valence-corrected chi connectivity index (χ2v) is 9.28. The molecular weight excluding hydrogens is 382 g/mol. The molecule has 4 atom stereocenters. The quantitative estimate of drug-likeness (QED) is 0.669. The fourth-order valence-electron chi connectivity index (χ4n) is 3.85. The van der Waals surface area contributed by atoms with E-state index in [0.29, 0.717) is 12.8 Å². The predicted molar refractivity (Wildman–Crippen MR) is 101 cm³/mol. The van der Waals surface area contributed by atoms with Crippen molar-refractivity contribution in [3.63, 3.8) is 0 Å². The third-order valence-electron chi connectivity index (χ3n) is 5.37. The van der Waals surface area contributed by atoms with Gasteiger partial charge in [-0.05, 0) is 53.5 Å². The van der Waals surface area contributed by atoms with Crippen LogP contribution >= 0.6 is 0 Å². The zero-order chi connectivity index (χ0) is 21.6. The summed E-state index contributed by atoms with van der Waals surface area (Å²) in [6, 6.07) is -0.560. The van der Waals surface area contributed by atoms with E-state index in [9.17, 15) is 14.7 Å². The van der Waals surface area contributed by atoms with Gasteiger partial charge in [0.2, 0.25) is 5.76 Å². The van der Waals surface area contributed by atoms with Gasteiger partial charge in [0.05, 0.1) is 19.8 Å². The Labute approximate surface area is 170 Å². The van der Waals surface area contributed by atoms with Crippen LogP contribution in [0.4, 0.5) is 4.79 Å². The van der Waals surface area contributed by atoms with Crippen molar-refractivity contribution in [3.8, 4) is 0 Å². The number of carbonyl (C=O) groups is 2. The molecule has 1 saturated heterocycles. The zero-order valence-electron chi connectivity index (χ0n) is 17.8. The Bertz CT molecular complexity index is 691. The summed E-state index contributed by atoms with van der Waals surface area (Å²) in [7, 11) is 1.24. The van der Waals surface area contributed by atoms with Crippen LogP contribution in [0.3, 0.4) is 0 Å². The van der Waals surface area contributed by atoms with E-state index in [1.54, 1.807) is 34.6 Å². The third-order valence-corrected chi connectivity index (χ3v) is 5.37. The molecule has 0 bridgehead atoms. The highest BCUT2D eigenvalue weighted by atomic mass is 16.7. The lowest BCUT2D eigenvalue weighted by Crippen LogP contribution is -2.56. The molecule has 2 aliphatic heterocycles. The molecule has 1 aliphatic carbocycles. The maximum absolute atomic E-state index is 12.4. The fourth-order valence-corrected chi connectivity index (χ4v) is 3.85. The predicted octanol–water partition coefficient (Wildman–Crippen LogP) is 1.63. The highest BCUT2D eigenvalue weighted by molar-refractivity contribution is 5.86. The van der Waals surface area contributed by atoms with Crippen molar-refractivity contribution in [2.24, 2.45) is 5.41 Å². The van der Waals surface area contributed by atoms with Crippen LogP contribution in [0.25, 0.3) is 0 Å². The highest BCUT2D eigenvalue weighted by Gasteiger charge is 2.63. The van der Waals surface area contributed by atoms with E-state index in [0.717, 1.165) is 0 Å². The van der Waals surface area contributed by atoms with Gasteiger partial charge in [0, 0.05) is 5.41 Å². The fraction of sp³-hybridized carbons (Fsp3) is 0.800. The summed E-state index contributed by atoms with van der Waals surface area (Å²) in [4.78, 5) is 24.5. The van der Waals surface area contributed by atoms with Gasteiger partial charge in [0.25, 0.3) is 0 Å². The summed E-state index contributed by atoms with van der Waals surface area (Å²) < 4.78 is 27.4. The number of ether oxygens (including phenoxy) is 5. The van der Waals surface area contributed by atoms with Crippen LogP contribution in [0.5, 0.6) is 0 Å². The minimum absolute atomic E-state index is 0.0618. The average molecular weight is 413 g/mol. The lowest BCUT2D eigenvalue weighted by Gasteiger charge is -2.41. The van der Waals surface area contributed by atoms with Gasteiger partial charge in [-0.3, -0.25) is 0 Å². The van der Waals surface area contributed by atoms with Crippen LogP contribution in [0.2, 0.25) is 0 Å². The second kappa shape index (κ2) is 7.45. The Morgan fingerprint density at radius 3 is 2.45 bits per heavy atom. The lowest BCUT2D eigenvalue weighted by molar-refractivity contribution is -0.174. The van der Waals surface area contributed by atoms with Crippen LogP contribution in [0.15, 0.2) is 11.8 Å². The summed E-state index contributed by atoms with van der Waals surface area (Å²) in [5, 5.41) is 13.9. The largest absolute Gasteiger partial charge is 0.480 e. The number of methoxy groups -OCH3 is 1. The van der Waals surface area contributed by atoms with Crippen molar-refractivity contribution in [1.29, 1.82) is 0 Å². The molecule has 3 rings (SSSR count). The molecule has 0 radical (unpaired) electrons. The number of nitrogens with one attached hydrogen (secondary N) is 1. The molecule has 0 aromatic carbocycles. The van der Waals surface area contributed by atoms with E-state index in [1.165, 1.54) is 13.2 Å². The first-order valence-electron chi connectivity index (χ1n) is 9.83. The molecule has 9 nitrogen and oxygen atoms in total. The molecule has 1 spiro atoms. The molecule has 0 aromatic rings. The smallest absolute Gasteiger partial charge is 0.408 e. The number of hydrogen-bond acceptors (Lipinski definition) is 8. The maximum Gasteiger partial charge on any atom is 0.408 e. The number of amides is 1. The minimum atomic E-state index is -1.06. The summed E-state index contributed by atoms with van der Waals surface area (Å²) in [6.45, 7) is 9.04. The Balaban J connectivity index is 1.84. The van der Waals surface area contributed by atoms with Crippen LogP contribution in [-0.4, -0.2) is 66.6 Å². The SMILES string of the molecule is COC(=O)C1=C[C@H](NC(=O)OC(C)(C)C)C2(CC2)[C@H]([C@H](O)[C@H]2COC(C)(C)O2)O1. The summed E-state index contributed by atoms with van der Waals surface area (Å²) in [5.41, 5.74) is -1.23. The van der Waals surface area contributed by atoms with Crippen LogP contribution in [-0.2, 0) is 28.5 Å². The maximum atomic E-state index is 12.4. The van der Waals surface area contributed by atoms with Crippen molar-refractivity contribution >= 4 is 12.1 Å². The monoisotopic (exact) mass is 413 g/mol. The first-order valence-corrected chi connectivity index (χ1v) is 9.83. The molecule has 0 aromatic heterocycles. The molecule has 2 N–H and O–H groups in total. The molecular formula is C20H31NO8. The van der Waals surface area contributed by atoms with Gasteiger partial charge in [-0.1, -0.05) is 0 Å². The average Bonchev–Trinajstić information content (AvgIpc) is 3.30. The van der Waals surface area contributed by atoms with E-state index >= 15 is 0 Å². The molecule has 9 heteroatoms. The number of carbonyl (C=O) groups excluding carboxylic acids is 2. The normalized spacial score (nSPS) is 30.7. The van der Waals surface area contributed by atoms with Gasteiger partial charge < -0.3 is 34.1 Å². The van der Waals surface area contributed by atoms with Crippen molar-refractivity contribution in [2.75, 3.05) is 13.7 Å². The molecule has 29 heavy (non-hydrogen) atoms. The zero-order valence-corrected chi connectivity index (χ0v) is 17.8. The standard InChI is InChI=1S/C20H31NO8/c1-18(2,3)29-17(24)21-13-9-11(16(23)25-6)27-15(20(13)7-8-20)14(22)12-10-26-19(4,5)28-12/h9,12-15,22H,7-8,10H2,1-6H3,(H,21,24)/t12-,13+,14-,15+/m1/s1. The van der Waals surface area contributed by atoms with Crippen LogP contribution < -0.4 is 5.32 Å². The van der Waals surface area contributed by atoms with Crippen molar-refractivity contribution in [1.82, 2.24) is 5.32 Å². The minimum Gasteiger partial charge on any atom is -0.480 e. The number of alkyl carbamates (subject to hydrolysis) is 1. The number of esters is 1. The molecule has 1 saturated carbocycles. The van der Waals surface area contributed by atoms with Gasteiger partial charge in [0.15, 0.2) is 5.79 Å². The number of rotatable bonds is 4. The van der Waals surface area contributed by atoms with Crippen molar-refractivity contribution in [3.05, 3.63) is 11.8 Å². The van der Waals surface area contributed by atoms with Crippen molar-refractivity contribution < 1.29 is 38.4 Å². The Morgan fingerprint density at radius 2 is 1.97 bits per heavy atom. The molecule has 164 valence electrons. The third kappa shape index (κ3) is 4.67. The topological polar surface area (TPSA) is 113 Å². The van der Waals surface area contributed by atoms with Crippen LogP contribution in [0.1, 0.15) is 47.5 Å². The van der Waals surface area contributed by atoms with E-state index in [2.05, 4.69) is 5.32 Å². The van der Waals surface area contributed by atoms with Gasteiger partial charge >= 0.3 is 12.1 Å². The number of hydrogen-bond donors (Lipinski definition) is 2. The molecule has 3 aliphatic rings. The highest BCUT2D eigenvalue weighted by Crippen LogP contribution is 2.57. The van der Waals surface area contributed by atoms with E-state index in [1.807, 2.05) is 0 Å². The van der Waals surface area contributed by atoms with Crippen molar-refractivity contribution in [2.45, 2.75) is 83.2 Å². The number of aliphatic hydroxyl groups is 1. The molecule has 2 fully saturated rings.